The Kier molecular flexibility index (Phi) is 3.47. The molecule has 3 rings (SSSR count). The molecule has 0 aliphatic rings. The molecular formula is C14H11BrN4O. The van der Waals surface area contributed by atoms with Crippen LogP contribution in [0, 0.1) is 0 Å². The van der Waals surface area contributed by atoms with Gasteiger partial charge in [-0.2, -0.15) is 4.68 Å². The van der Waals surface area contributed by atoms with E-state index in [4.69, 9.17) is 0 Å². The minimum absolute atomic E-state index is 0.153. The molecule has 1 aromatic heterocycles. The third-order valence-corrected chi connectivity index (χ3v) is 3.44. The average molecular weight is 331 g/mol. The summed E-state index contributed by atoms with van der Waals surface area (Å²) in [6, 6.07) is 14.9. The Morgan fingerprint density at radius 1 is 1.10 bits per heavy atom. The van der Waals surface area contributed by atoms with Crippen LogP contribution in [0.1, 0.15) is 0 Å². The molecule has 2 aromatic carbocycles. The van der Waals surface area contributed by atoms with Crippen LogP contribution >= 0.6 is 15.9 Å². The summed E-state index contributed by atoms with van der Waals surface area (Å²) in [5.74, 6) is 0. The summed E-state index contributed by atoms with van der Waals surface area (Å²) in [6.45, 7) is 0.276. The topological polar surface area (TPSA) is 59.8 Å². The predicted molar refractivity (Wildman–Crippen MR) is 81.6 cm³/mol. The predicted octanol–water partition coefficient (Wildman–Crippen LogP) is 2.62. The van der Waals surface area contributed by atoms with Crippen LogP contribution in [-0.2, 0) is 6.67 Å². The number of benzene rings is 2. The molecule has 1 N–H and O–H groups in total. The van der Waals surface area contributed by atoms with Gasteiger partial charge in [-0.1, -0.05) is 33.3 Å². The SMILES string of the molecule is O=c1c2ccccc2nnn1CNc1ccc(Br)cc1. The van der Waals surface area contributed by atoms with Gasteiger partial charge >= 0.3 is 0 Å². The van der Waals surface area contributed by atoms with E-state index in [-0.39, 0.29) is 12.2 Å². The van der Waals surface area contributed by atoms with Gasteiger partial charge in [0.15, 0.2) is 0 Å². The van der Waals surface area contributed by atoms with Crippen LogP contribution in [0.4, 0.5) is 5.69 Å². The number of hydrogen-bond acceptors (Lipinski definition) is 4. The fourth-order valence-corrected chi connectivity index (χ4v) is 2.13. The molecule has 5 nitrogen and oxygen atoms in total. The molecule has 0 aliphatic heterocycles. The van der Waals surface area contributed by atoms with E-state index >= 15 is 0 Å². The molecule has 100 valence electrons. The normalized spacial score (nSPS) is 10.7. The lowest BCUT2D eigenvalue weighted by molar-refractivity contribution is 0.589. The van der Waals surface area contributed by atoms with E-state index in [1.807, 2.05) is 36.4 Å². The van der Waals surface area contributed by atoms with Crippen LogP contribution in [0.15, 0.2) is 57.8 Å². The van der Waals surface area contributed by atoms with Crippen molar-refractivity contribution in [1.29, 1.82) is 0 Å². The first-order chi connectivity index (χ1) is 9.74. The van der Waals surface area contributed by atoms with E-state index in [0.29, 0.717) is 10.9 Å². The summed E-state index contributed by atoms with van der Waals surface area (Å²) < 4.78 is 2.32. The maximum atomic E-state index is 12.2. The van der Waals surface area contributed by atoms with E-state index in [1.165, 1.54) is 4.68 Å². The molecule has 3 aromatic rings. The van der Waals surface area contributed by atoms with Gasteiger partial charge in [0.1, 0.15) is 12.2 Å². The summed E-state index contributed by atoms with van der Waals surface area (Å²) >= 11 is 3.37. The number of nitrogens with zero attached hydrogens (tertiary/aromatic N) is 3. The molecule has 0 radical (unpaired) electrons. The molecule has 0 saturated carbocycles. The highest BCUT2D eigenvalue weighted by Crippen LogP contribution is 2.13. The number of aromatic nitrogens is 3. The van der Waals surface area contributed by atoms with Gasteiger partial charge in [-0.25, -0.2) is 0 Å². The van der Waals surface area contributed by atoms with Crippen molar-refractivity contribution in [3.63, 3.8) is 0 Å². The van der Waals surface area contributed by atoms with E-state index in [0.717, 1.165) is 10.2 Å². The lowest BCUT2D eigenvalue weighted by atomic mass is 10.2. The first-order valence-electron chi connectivity index (χ1n) is 6.06. The van der Waals surface area contributed by atoms with Gasteiger partial charge in [0.05, 0.1) is 5.39 Å². The van der Waals surface area contributed by atoms with Crippen molar-refractivity contribution >= 4 is 32.5 Å². The molecule has 0 amide bonds. The van der Waals surface area contributed by atoms with Crippen molar-refractivity contribution in [3.05, 3.63) is 63.4 Å². The summed E-state index contributed by atoms with van der Waals surface area (Å²) in [5, 5.41) is 11.7. The van der Waals surface area contributed by atoms with Gasteiger partial charge < -0.3 is 5.32 Å². The maximum Gasteiger partial charge on any atom is 0.279 e. The molecule has 6 heteroatoms. The number of halogens is 1. The van der Waals surface area contributed by atoms with Crippen LogP contribution in [0.5, 0.6) is 0 Å². The molecule has 1 heterocycles. The highest BCUT2D eigenvalue weighted by Gasteiger charge is 2.04. The highest BCUT2D eigenvalue weighted by molar-refractivity contribution is 9.10. The lowest BCUT2D eigenvalue weighted by Crippen LogP contribution is -2.27. The Balaban J connectivity index is 1.86. The first-order valence-corrected chi connectivity index (χ1v) is 6.85. The third kappa shape index (κ3) is 2.55. The fourth-order valence-electron chi connectivity index (χ4n) is 1.86. The maximum absolute atomic E-state index is 12.2. The molecule has 0 saturated heterocycles. The van der Waals surface area contributed by atoms with Crippen molar-refractivity contribution in [2.24, 2.45) is 0 Å². The van der Waals surface area contributed by atoms with E-state index in [9.17, 15) is 4.79 Å². The van der Waals surface area contributed by atoms with Gasteiger partial charge in [-0.05, 0) is 36.4 Å². The zero-order valence-corrected chi connectivity index (χ0v) is 12.0. The number of anilines is 1. The second-order valence-electron chi connectivity index (χ2n) is 4.25. The smallest absolute Gasteiger partial charge is 0.279 e. The summed E-state index contributed by atoms with van der Waals surface area (Å²) in [5.41, 5.74) is 1.37. The fraction of sp³-hybridized carbons (Fsp3) is 0.0714. The number of nitrogens with one attached hydrogen (secondary N) is 1. The zero-order chi connectivity index (χ0) is 13.9. The van der Waals surface area contributed by atoms with Crippen LogP contribution < -0.4 is 10.9 Å². The zero-order valence-electron chi connectivity index (χ0n) is 10.5. The summed E-state index contributed by atoms with van der Waals surface area (Å²) in [7, 11) is 0. The number of rotatable bonds is 3. The second-order valence-corrected chi connectivity index (χ2v) is 5.17. The van der Waals surface area contributed by atoms with Crippen LogP contribution in [0.3, 0.4) is 0 Å². The molecule has 0 bridgehead atoms. The van der Waals surface area contributed by atoms with Crippen LogP contribution in [-0.4, -0.2) is 15.0 Å². The van der Waals surface area contributed by atoms with Crippen molar-refractivity contribution in [3.8, 4) is 0 Å². The Morgan fingerprint density at radius 3 is 2.65 bits per heavy atom. The Bertz CT molecular complexity index is 798. The van der Waals surface area contributed by atoms with E-state index in [1.54, 1.807) is 12.1 Å². The van der Waals surface area contributed by atoms with Crippen molar-refractivity contribution in [2.75, 3.05) is 5.32 Å². The number of fused-ring (bicyclic) bond motifs is 1. The van der Waals surface area contributed by atoms with Gasteiger partial charge in [-0.15, -0.1) is 5.10 Å². The minimum Gasteiger partial charge on any atom is -0.366 e. The van der Waals surface area contributed by atoms with E-state index < -0.39 is 0 Å². The Morgan fingerprint density at radius 2 is 1.85 bits per heavy atom. The third-order valence-electron chi connectivity index (χ3n) is 2.91. The van der Waals surface area contributed by atoms with Crippen molar-refractivity contribution in [2.45, 2.75) is 6.67 Å². The largest absolute Gasteiger partial charge is 0.366 e. The molecule has 20 heavy (non-hydrogen) atoms. The molecule has 0 spiro atoms. The highest BCUT2D eigenvalue weighted by atomic mass is 79.9. The molecule has 0 aliphatic carbocycles. The summed E-state index contributed by atoms with van der Waals surface area (Å²) in [6.07, 6.45) is 0. The van der Waals surface area contributed by atoms with Gasteiger partial charge in [-0.3, -0.25) is 4.79 Å². The van der Waals surface area contributed by atoms with E-state index in [2.05, 4.69) is 31.6 Å². The first kappa shape index (κ1) is 12.8. The minimum atomic E-state index is -0.153. The lowest BCUT2D eigenvalue weighted by Gasteiger charge is -2.08. The molecular weight excluding hydrogens is 320 g/mol. The standard InChI is InChI=1S/C14H11BrN4O/c15-10-5-7-11(8-6-10)16-9-19-14(20)12-3-1-2-4-13(12)17-18-19/h1-8,16H,9H2. The average Bonchev–Trinajstić information content (AvgIpc) is 2.49. The monoisotopic (exact) mass is 330 g/mol. The van der Waals surface area contributed by atoms with Gasteiger partial charge in [0.25, 0.3) is 5.56 Å². The van der Waals surface area contributed by atoms with Crippen LogP contribution in [0.25, 0.3) is 10.9 Å². The van der Waals surface area contributed by atoms with Crippen molar-refractivity contribution in [1.82, 2.24) is 15.0 Å². The summed E-state index contributed by atoms with van der Waals surface area (Å²) in [4.78, 5) is 12.2. The van der Waals surface area contributed by atoms with Crippen LogP contribution in [0.2, 0.25) is 0 Å². The number of hydrogen-bond donors (Lipinski definition) is 1. The Hall–Kier alpha value is -2.21. The van der Waals surface area contributed by atoms with Crippen molar-refractivity contribution < 1.29 is 0 Å². The second kappa shape index (κ2) is 5.42. The van der Waals surface area contributed by atoms with Gasteiger partial charge in [0, 0.05) is 10.2 Å². The quantitative estimate of drug-likeness (QED) is 0.802. The molecule has 0 atom stereocenters. The molecule has 0 fully saturated rings. The molecule has 0 unspecified atom stereocenters. The Labute approximate surface area is 123 Å². The van der Waals surface area contributed by atoms with Gasteiger partial charge in [0.2, 0.25) is 0 Å².